The molecule has 0 atom stereocenters. The van der Waals surface area contributed by atoms with E-state index in [0.29, 0.717) is 6.54 Å². The molecule has 0 saturated carbocycles. The fourth-order valence-corrected chi connectivity index (χ4v) is 0.667. The number of carbonyl (C=O) groups excluding carboxylic acids is 1. The Kier molecular flexibility index (Phi) is 1.46. The van der Waals surface area contributed by atoms with E-state index in [4.69, 9.17) is 0 Å². The number of rotatable bonds is 0. The van der Waals surface area contributed by atoms with Crippen LogP contribution in [-0.2, 0) is 4.79 Å². The van der Waals surface area contributed by atoms with Crippen molar-refractivity contribution in [2.45, 2.75) is 26.3 Å². The van der Waals surface area contributed by atoms with Crippen LogP contribution in [0.15, 0.2) is 10.3 Å². The van der Waals surface area contributed by atoms with Crippen molar-refractivity contribution in [3.8, 4) is 0 Å². The van der Waals surface area contributed by atoms with Gasteiger partial charge in [0.2, 0.25) is 0 Å². The Labute approximate surface area is 59.9 Å². The molecule has 1 rings (SSSR count). The van der Waals surface area contributed by atoms with E-state index in [1.165, 1.54) is 0 Å². The third-order valence-corrected chi connectivity index (χ3v) is 1.32. The lowest BCUT2D eigenvalue weighted by Crippen LogP contribution is -2.36. The van der Waals surface area contributed by atoms with Gasteiger partial charge >= 0.3 is 0 Å². The first-order valence-electron chi connectivity index (χ1n) is 3.22. The molecule has 0 aromatic rings. The second-order valence-corrected chi connectivity index (χ2v) is 3.31. The van der Waals surface area contributed by atoms with Crippen molar-refractivity contribution in [2.24, 2.45) is 10.3 Å². The van der Waals surface area contributed by atoms with Crippen molar-refractivity contribution in [1.29, 1.82) is 0 Å². The van der Waals surface area contributed by atoms with Crippen LogP contribution in [0.3, 0.4) is 0 Å². The molecule has 0 aliphatic carbocycles. The van der Waals surface area contributed by atoms with Gasteiger partial charge in [-0.1, -0.05) is 10.3 Å². The lowest BCUT2D eigenvalue weighted by atomic mass is 10.1. The third-order valence-electron chi connectivity index (χ3n) is 1.32. The summed E-state index contributed by atoms with van der Waals surface area (Å²) in [5.41, 5.74) is -0.0876. The quantitative estimate of drug-likeness (QED) is 0.505. The second-order valence-electron chi connectivity index (χ2n) is 3.31. The molecular weight excluding hydrogens is 130 g/mol. The van der Waals surface area contributed by atoms with E-state index in [2.05, 4.69) is 10.3 Å². The van der Waals surface area contributed by atoms with Gasteiger partial charge in [0, 0.05) is 0 Å². The summed E-state index contributed by atoms with van der Waals surface area (Å²) in [5.74, 6) is -0.157. The molecule has 10 heavy (non-hydrogen) atoms. The molecule has 0 aromatic heterocycles. The SMILES string of the molecule is CC(C)(C)N1CC(=O)N=N1. The third kappa shape index (κ3) is 1.32. The largest absolute Gasteiger partial charge is 0.287 e. The first-order chi connectivity index (χ1) is 4.50. The maximum Gasteiger partial charge on any atom is 0.287 e. The number of hydrogen-bond donors (Lipinski definition) is 0. The van der Waals surface area contributed by atoms with Crippen LogP contribution >= 0.6 is 0 Å². The van der Waals surface area contributed by atoms with E-state index in [0.717, 1.165) is 0 Å². The molecule has 0 spiro atoms. The summed E-state index contributed by atoms with van der Waals surface area (Å²) < 4.78 is 0. The molecule has 0 fully saturated rings. The summed E-state index contributed by atoms with van der Waals surface area (Å²) in [6, 6.07) is 0. The summed E-state index contributed by atoms with van der Waals surface area (Å²) in [7, 11) is 0. The molecule has 1 aliphatic rings. The molecule has 4 heteroatoms. The van der Waals surface area contributed by atoms with Crippen molar-refractivity contribution in [3.05, 3.63) is 0 Å². The average Bonchev–Trinajstić information content (AvgIpc) is 2.11. The smallest absolute Gasteiger partial charge is 0.269 e. The van der Waals surface area contributed by atoms with E-state index in [1.807, 2.05) is 20.8 Å². The highest BCUT2D eigenvalue weighted by molar-refractivity contribution is 5.79. The molecule has 0 unspecified atom stereocenters. The molecule has 1 heterocycles. The molecule has 0 bridgehead atoms. The van der Waals surface area contributed by atoms with Gasteiger partial charge in [-0.15, -0.1) is 0 Å². The Morgan fingerprint density at radius 2 is 2.10 bits per heavy atom. The first kappa shape index (κ1) is 7.18. The van der Waals surface area contributed by atoms with Gasteiger partial charge in [0.1, 0.15) is 6.54 Å². The van der Waals surface area contributed by atoms with Gasteiger partial charge in [0.25, 0.3) is 5.91 Å². The monoisotopic (exact) mass is 141 g/mol. The number of amides is 1. The van der Waals surface area contributed by atoms with Crippen LogP contribution in [0.4, 0.5) is 0 Å². The summed E-state index contributed by atoms with van der Waals surface area (Å²) in [6.45, 7) is 6.30. The minimum Gasteiger partial charge on any atom is -0.269 e. The second kappa shape index (κ2) is 2.04. The molecule has 0 radical (unpaired) electrons. The van der Waals surface area contributed by atoms with Crippen molar-refractivity contribution in [3.63, 3.8) is 0 Å². The minimum absolute atomic E-state index is 0.0876. The van der Waals surface area contributed by atoms with Crippen LogP contribution in [0.5, 0.6) is 0 Å². The zero-order chi connectivity index (χ0) is 7.78. The van der Waals surface area contributed by atoms with Crippen LogP contribution in [-0.4, -0.2) is 23.0 Å². The molecule has 4 nitrogen and oxygen atoms in total. The highest BCUT2D eigenvalue weighted by atomic mass is 16.2. The van der Waals surface area contributed by atoms with Crippen LogP contribution in [0.25, 0.3) is 0 Å². The Hall–Kier alpha value is -0.930. The maximum atomic E-state index is 10.6. The van der Waals surface area contributed by atoms with Gasteiger partial charge in [-0.05, 0) is 20.8 Å². The maximum absolute atomic E-state index is 10.6. The number of carbonyl (C=O) groups is 1. The highest BCUT2D eigenvalue weighted by Gasteiger charge is 2.26. The van der Waals surface area contributed by atoms with Crippen LogP contribution < -0.4 is 0 Å². The highest BCUT2D eigenvalue weighted by Crippen LogP contribution is 2.16. The zero-order valence-electron chi connectivity index (χ0n) is 6.46. The molecule has 0 aromatic carbocycles. The van der Waals surface area contributed by atoms with E-state index < -0.39 is 0 Å². The lowest BCUT2D eigenvalue weighted by Gasteiger charge is -2.27. The number of nitrogens with zero attached hydrogens (tertiary/aromatic N) is 3. The van der Waals surface area contributed by atoms with Gasteiger partial charge in [0.05, 0.1) is 5.54 Å². The normalized spacial score (nSPS) is 18.7. The summed E-state index contributed by atoms with van der Waals surface area (Å²) in [5, 5.41) is 8.77. The standard InChI is InChI=1S/C6H11N3O/c1-6(2,3)9-4-5(10)7-8-9/h4H2,1-3H3. The van der Waals surface area contributed by atoms with Crippen molar-refractivity contribution >= 4 is 5.91 Å². The minimum atomic E-state index is -0.157. The average molecular weight is 141 g/mol. The molecular formula is C6H11N3O. The topological polar surface area (TPSA) is 45.0 Å². The fraction of sp³-hybridized carbons (Fsp3) is 0.833. The lowest BCUT2D eigenvalue weighted by molar-refractivity contribution is -0.117. The Bertz CT molecular complexity index is 180. The molecule has 56 valence electrons. The first-order valence-corrected chi connectivity index (χ1v) is 3.22. The van der Waals surface area contributed by atoms with Crippen LogP contribution in [0.1, 0.15) is 20.8 Å². The predicted molar refractivity (Wildman–Crippen MR) is 36.3 cm³/mol. The summed E-state index contributed by atoms with van der Waals surface area (Å²) in [6.07, 6.45) is 0. The fourth-order valence-electron chi connectivity index (χ4n) is 0.667. The Morgan fingerprint density at radius 3 is 2.30 bits per heavy atom. The van der Waals surface area contributed by atoms with Crippen molar-refractivity contribution in [1.82, 2.24) is 5.01 Å². The van der Waals surface area contributed by atoms with Gasteiger partial charge in [-0.25, -0.2) is 0 Å². The van der Waals surface area contributed by atoms with Gasteiger partial charge < -0.3 is 0 Å². The van der Waals surface area contributed by atoms with Crippen LogP contribution in [0.2, 0.25) is 0 Å². The molecule has 1 amide bonds. The van der Waals surface area contributed by atoms with Crippen molar-refractivity contribution in [2.75, 3.05) is 6.54 Å². The van der Waals surface area contributed by atoms with E-state index in [1.54, 1.807) is 5.01 Å². The van der Waals surface area contributed by atoms with Crippen LogP contribution in [0, 0.1) is 0 Å². The number of hydrogen-bond acceptors (Lipinski definition) is 3. The zero-order valence-corrected chi connectivity index (χ0v) is 6.46. The molecule has 1 aliphatic heterocycles. The van der Waals surface area contributed by atoms with Gasteiger partial charge in [0.15, 0.2) is 0 Å². The van der Waals surface area contributed by atoms with Crippen molar-refractivity contribution < 1.29 is 4.79 Å². The van der Waals surface area contributed by atoms with E-state index in [-0.39, 0.29) is 11.4 Å². The summed E-state index contributed by atoms with van der Waals surface area (Å²) in [4.78, 5) is 10.6. The predicted octanol–water partition coefficient (Wildman–Crippen LogP) is 0.994. The molecule has 0 saturated heterocycles. The molecule has 0 N–H and O–H groups in total. The Morgan fingerprint density at radius 1 is 1.50 bits per heavy atom. The van der Waals surface area contributed by atoms with E-state index in [9.17, 15) is 4.79 Å². The van der Waals surface area contributed by atoms with Gasteiger partial charge in [-0.3, -0.25) is 9.80 Å². The summed E-state index contributed by atoms with van der Waals surface area (Å²) >= 11 is 0. The van der Waals surface area contributed by atoms with E-state index >= 15 is 0 Å². The Balaban J connectivity index is 2.63. The van der Waals surface area contributed by atoms with Gasteiger partial charge in [-0.2, -0.15) is 0 Å².